The molecule has 28 heavy (non-hydrogen) atoms. The molecule has 0 saturated carbocycles. The van der Waals surface area contributed by atoms with Gasteiger partial charge in [0.2, 0.25) is 0 Å². The molecule has 0 saturated heterocycles. The Morgan fingerprint density at radius 3 is 2.79 bits per heavy atom. The maximum absolute atomic E-state index is 12.9. The van der Waals surface area contributed by atoms with Gasteiger partial charge in [-0.2, -0.15) is 0 Å². The SMILES string of the molecule is CN(C)Cc1cc2c(o1)CN(C(=O)c1ccc(/C=C\c3ccccc3)s1)CC2. The third kappa shape index (κ3) is 4.26. The van der Waals surface area contributed by atoms with E-state index in [1.165, 1.54) is 16.9 Å². The van der Waals surface area contributed by atoms with Crippen LogP contribution in [0.4, 0.5) is 0 Å². The highest BCUT2D eigenvalue weighted by Gasteiger charge is 2.25. The predicted octanol–water partition coefficient (Wildman–Crippen LogP) is 4.77. The highest BCUT2D eigenvalue weighted by atomic mass is 32.1. The van der Waals surface area contributed by atoms with Gasteiger partial charge in [0, 0.05) is 11.4 Å². The van der Waals surface area contributed by atoms with E-state index in [1.54, 1.807) is 0 Å². The molecule has 0 bridgehead atoms. The number of furan rings is 1. The summed E-state index contributed by atoms with van der Waals surface area (Å²) in [6, 6.07) is 16.2. The van der Waals surface area contributed by atoms with E-state index in [4.69, 9.17) is 4.42 Å². The topological polar surface area (TPSA) is 36.7 Å². The van der Waals surface area contributed by atoms with Crippen molar-refractivity contribution in [1.82, 2.24) is 9.80 Å². The average molecular weight is 393 g/mol. The standard InChI is InChI=1S/C23H24N2O2S/c1-24(2)15-19-14-18-12-13-25(16-21(18)27-19)23(26)22-11-10-20(28-22)9-8-17-6-4-3-5-7-17/h3-11,14H,12-13,15-16H2,1-2H3/b9-8-. The summed E-state index contributed by atoms with van der Waals surface area (Å²) < 4.78 is 5.98. The smallest absolute Gasteiger partial charge is 0.264 e. The molecule has 3 heterocycles. The van der Waals surface area contributed by atoms with Gasteiger partial charge < -0.3 is 14.2 Å². The molecule has 1 amide bonds. The lowest BCUT2D eigenvalue weighted by molar-refractivity contribution is 0.0723. The van der Waals surface area contributed by atoms with Crippen LogP contribution in [0.3, 0.4) is 0 Å². The molecule has 2 aromatic heterocycles. The molecule has 144 valence electrons. The highest BCUT2D eigenvalue weighted by Crippen LogP contribution is 2.27. The van der Waals surface area contributed by atoms with Gasteiger partial charge in [-0.15, -0.1) is 11.3 Å². The van der Waals surface area contributed by atoms with E-state index in [1.807, 2.05) is 49.3 Å². The van der Waals surface area contributed by atoms with Crippen LogP contribution in [-0.4, -0.2) is 36.3 Å². The van der Waals surface area contributed by atoms with E-state index in [2.05, 4.69) is 35.3 Å². The molecule has 0 radical (unpaired) electrons. The maximum atomic E-state index is 12.9. The third-order valence-corrected chi connectivity index (χ3v) is 5.81. The van der Waals surface area contributed by atoms with Crippen LogP contribution in [0.25, 0.3) is 12.2 Å². The summed E-state index contributed by atoms with van der Waals surface area (Å²) in [6.07, 6.45) is 4.98. The summed E-state index contributed by atoms with van der Waals surface area (Å²) in [5.74, 6) is 1.98. The van der Waals surface area contributed by atoms with Crippen LogP contribution in [0.2, 0.25) is 0 Å². The van der Waals surface area contributed by atoms with Gasteiger partial charge in [0.1, 0.15) is 11.5 Å². The Hall–Kier alpha value is -2.63. The van der Waals surface area contributed by atoms with Crippen molar-refractivity contribution in [1.29, 1.82) is 0 Å². The van der Waals surface area contributed by atoms with Crippen molar-refractivity contribution in [2.75, 3.05) is 20.6 Å². The molecule has 1 aliphatic heterocycles. The Balaban J connectivity index is 1.43. The largest absolute Gasteiger partial charge is 0.463 e. The van der Waals surface area contributed by atoms with Gasteiger partial charge in [-0.3, -0.25) is 4.79 Å². The van der Waals surface area contributed by atoms with Gasteiger partial charge in [-0.25, -0.2) is 0 Å². The first kappa shape index (κ1) is 18.7. The average Bonchev–Trinajstić information content (AvgIpc) is 3.32. The number of amides is 1. The molecule has 1 aromatic carbocycles. The minimum Gasteiger partial charge on any atom is -0.463 e. The van der Waals surface area contributed by atoms with Gasteiger partial charge in [-0.1, -0.05) is 36.4 Å². The zero-order valence-corrected chi connectivity index (χ0v) is 17.0. The molecular weight excluding hydrogens is 368 g/mol. The van der Waals surface area contributed by atoms with Crippen molar-refractivity contribution in [2.24, 2.45) is 0 Å². The molecule has 0 fully saturated rings. The Labute approximate surface area is 169 Å². The molecule has 3 aromatic rings. The number of benzene rings is 1. The second-order valence-electron chi connectivity index (χ2n) is 7.32. The molecule has 5 heteroatoms. The fourth-order valence-electron chi connectivity index (χ4n) is 3.40. The van der Waals surface area contributed by atoms with Gasteiger partial charge in [0.05, 0.1) is 18.0 Å². The van der Waals surface area contributed by atoms with Crippen LogP contribution in [-0.2, 0) is 19.5 Å². The van der Waals surface area contributed by atoms with Crippen molar-refractivity contribution in [3.8, 4) is 0 Å². The van der Waals surface area contributed by atoms with E-state index in [0.29, 0.717) is 6.54 Å². The molecule has 0 unspecified atom stereocenters. The molecule has 4 nitrogen and oxygen atoms in total. The minimum absolute atomic E-state index is 0.0839. The zero-order chi connectivity index (χ0) is 19.5. The maximum Gasteiger partial charge on any atom is 0.264 e. The van der Waals surface area contributed by atoms with Crippen molar-refractivity contribution < 1.29 is 9.21 Å². The lowest BCUT2D eigenvalue weighted by atomic mass is 10.1. The summed E-state index contributed by atoms with van der Waals surface area (Å²) in [7, 11) is 4.05. The highest BCUT2D eigenvalue weighted by molar-refractivity contribution is 7.14. The fraction of sp³-hybridized carbons (Fsp3) is 0.261. The summed E-state index contributed by atoms with van der Waals surface area (Å²) in [6.45, 7) is 2.07. The number of hydrogen-bond acceptors (Lipinski definition) is 4. The summed E-state index contributed by atoms with van der Waals surface area (Å²) in [5.41, 5.74) is 2.39. The molecule has 1 aliphatic rings. The first-order chi connectivity index (χ1) is 13.6. The van der Waals surface area contributed by atoms with Crippen LogP contribution in [0, 0.1) is 0 Å². The predicted molar refractivity (Wildman–Crippen MR) is 114 cm³/mol. The van der Waals surface area contributed by atoms with Gasteiger partial charge in [0.25, 0.3) is 5.91 Å². The summed E-state index contributed by atoms with van der Waals surface area (Å²) in [4.78, 5) is 18.8. The van der Waals surface area contributed by atoms with E-state index in [9.17, 15) is 4.79 Å². The Morgan fingerprint density at radius 1 is 1.18 bits per heavy atom. The first-order valence-electron chi connectivity index (χ1n) is 9.46. The van der Waals surface area contributed by atoms with Crippen molar-refractivity contribution >= 4 is 29.4 Å². The van der Waals surface area contributed by atoms with Crippen LogP contribution >= 0.6 is 11.3 Å². The van der Waals surface area contributed by atoms with Crippen LogP contribution in [0.5, 0.6) is 0 Å². The molecule has 0 atom stereocenters. The molecule has 0 N–H and O–H groups in total. The molecule has 0 aliphatic carbocycles. The number of hydrogen-bond donors (Lipinski definition) is 0. The van der Waals surface area contributed by atoms with Crippen molar-refractivity contribution in [3.05, 3.63) is 80.9 Å². The van der Waals surface area contributed by atoms with E-state index >= 15 is 0 Å². The monoisotopic (exact) mass is 392 g/mol. The number of fused-ring (bicyclic) bond motifs is 1. The lowest BCUT2D eigenvalue weighted by Gasteiger charge is -2.25. The fourth-order valence-corrected chi connectivity index (χ4v) is 4.28. The normalized spacial score (nSPS) is 14.0. The van der Waals surface area contributed by atoms with E-state index in [0.717, 1.165) is 46.3 Å². The number of carbonyl (C=O) groups is 1. The lowest BCUT2D eigenvalue weighted by Crippen LogP contribution is -2.35. The minimum atomic E-state index is 0.0839. The van der Waals surface area contributed by atoms with Gasteiger partial charge in [0.15, 0.2) is 0 Å². The summed E-state index contributed by atoms with van der Waals surface area (Å²) in [5, 5.41) is 0. The van der Waals surface area contributed by atoms with Crippen LogP contribution in [0.15, 0.2) is 52.9 Å². The Bertz CT molecular complexity index is 985. The van der Waals surface area contributed by atoms with E-state index in [-0.39, 0.29) is 5.91 Å². The second kappa shape index (κ2) is 8.17. The van der Waals surface area contributed by atoms with Gasteiger partial charge >= 0.3 is 0 Å². The number of thiophene rings is 1. The molecule has 4 rings (SSSR count). The van der Waals surface area contributed by atoms with Gasteiger partial charge in [-0.05, 0) is 55.9 Å². The Kier molecular flexibility index (Phi) is 5.46. The first-order valence-corrected chi connectivity index (χ1v) is 10.3. The van der Waals surface area contributed by atoms with Crippen molar-refractivity contribution in [3.63, 3.8) is 0 Å². The number of nitrogens with zero attached hydrogens (tertiary/aromatic N) is 2. The molecule has 0 spiro atoms. The van der Waals surface area contributed by atoms with Crippen molar-refractivity contribution in [2.45, 2.75) is 19.5 Å². The molecular formula is C23H24N2O2S. The Morgan fingerprint density at radius 2 is 2.00 bits per heavy atom. The zero-order valence-electron chi connectivity index (χ0n) is 16.2. The van der Waals surface area contributed by atoms with Crippen LogP contribution in [0.1, 0.15) is 37.2 Å². The number of rotatable bonds is 5. The third-order valence-electron chi connectivity index (χ3n) is 4.77. The van der Waals surface area contributed by atoms with E-state index < -0.39 is 0 Å². The quantitative estimate of drug-likeness (QED) is 0.627. The number of carbonyl (C=O) groups excluding carboxylic acids is 1. The second-order valence-corrected chi connectivity index (χ2v) is 8.44. The van der Waals surface area contributed by atoms with Crippen LogP contribution < -0.4 is 0 Å². The summed E-state index contributed by atoms with van der Waals surface area (Å²) >= 11 is 1.53.